The molecule has 1 unspecified atom stereocenters. The lowest BCUT2D eigenvalue weighted by molar-refractivity contribution is -0.128. The zero-order chi connectivity index (χ0) is 15.9. The molecular weight excluding hydrogens is 283 g/mol. The van der Waals surface area contributed by atoms with Crippen molar-refractivity contribution in [3.8, 4) is 5.75 Å². The monoisotopic (exact) mass is 308 g/mol. The fourth-order valence-corrected chi connectivity index (χ4v) is 2.71. The number of benzene rings is 1. The van der Waals surface area contributed by atoms with E-state index in [1.165, 1.54) is 30.7 Å². The Kier molecular flexibility index (Phi) is 6.19. The largest absolute Gasteiger partial charge is 0.481 e. The Balaban J connectivity index is 1.76. The van der Waals surface area contributed by atoms with Crippen molar-refractivity contribution in [2.24, 2.45) is 0 Å². The van der Waals surface area contributed by atoms with Crippen molar-refractivity contribution in [3.05, 3.63) is 30.1 Å². The summed E-state index contributed by atoms with van der Waals surface area (Å²) >= 11 is 0. The average Bonchev–Trinajstić information content (AvgIpc) is 2.51. The number of halogens is 1. The molecule has 1 atom stereocenters. The van der Waals surface area contributed by atoms with E-state index in [1.807, 2.05) is 0 Å². The number of rotatable bonds is 6. The van der Waals surface area contributed by atoms with Gasteiger partial charge < -0.3 is 15.0 Å². The standard InChI is InChI=1S/C17H25FN2O2/c1-3-10-20-11-8-15(9-12-20)19-17(21)13(2)22-16-6-4-14(18)5-7-16/h4-7,13,15H,3,8-12H2,1-2H3,(H,19,21). The highest BCUT2D eigenvalue weighted by molar-refractivity contribution is 5.81. The molecule has 1 amide bonds. The molecule has 4 nitrogen and oxygen atoms in total. The molecule has 5 heteroatoms. The quantitative estimate of drug-likeness (QED) is 0.878. The minimum Gasteiger partial charge on any atom is -0.481 e. The molecule has 1 heterocycles. The number of hydrogen-bond donors (Lipinski definition) is 1. The minimum atomic E-state index is -0.584. The van der Waals surface area contributed by atoms with E-state index in [0.717, 1.165) is 32.5 Å². The van der Waals surface area contributed by atoms with Gasteiger partial charge in [0.05, 0.1) is 0 Å². The zero-order valence-corrected chi connectivity index (χ0v) is 13.3. The van der Waals surface area contributed by atoms with Crippen molar-refractivity contribution in [1.82, 2.24) is 10.2 Å². The molecule has 2 rings (SSSR count). The summed E-state index contributed by atoms with van der Waals surface area (Å²) in [6.45, 7) is 7.09. The van der Waals surface area contributed by atoms with Gasteiger partial charge in [0, 0.05) is 19.1 Å². The SMILES string of the molecule is CCCN1CCC(NC(=O)C(C)Oc2ccc(F)cc2)CC1. The van der Waals surface area contributed by atoms with Crippen LogP contribution in [0.15, 0.2) is 24.3 Å². The van der Waals surface area contributed by atoms with Gasteiger partial charge in [0.1, 0.15) is 11.6 Å². The molecule has 1 aromatic rings. The van der Waals surface area contributed by atoms with Gasteiger partial charge in [0.25, 0.3) is 5.91 Å². The third kappa shape index (κ3) is 4.98. The van der Waals surface area contributed by atoms with Crippen LogP contribution >= 0.6 is 0 Å². The van der Waals surface area contributed by atoms with Crippen LogP contribution in [0.25, 0.3) is 0 Å². The summed E-state index contributed by atoms with van der Waals surface area (Å²) in [7, 11) is 0. The Bertz CT molecular complexity index is 470. The summed E-state index contributed by atoms with van der Waals surface area (Å²) in [5, 5.41) is 3.05. The van der Waals surface area contributed by atoms with E-state index in [-0.39, 0.29) is 17.8 Å². The molecule has 1 saturated heterocycles. The van der Waals surface area contributed by atoms with Crippen LogP contribution in [0.1, 0.15) is 33.1 Å². The van der Waals surface area contributed by atoms with E-state index in [9.17, 15) is 9.18 Å². The summed E-state index contributed by atoms with van der Waals surface area (Å²) < 4.78 is 18.4. The van der Waals surface area contributed by atoms with Gasteiger partial charge in [-0.3, -0.25) is 4.79 Å². The second kappa shape index (κ2) is 8.13. The second-order valence-electron chi connectivity index (χ2n) is 5.84. The molecule has 0 spiro atoms. The summed E-state index contributed by atoms with van der Waals surface area (Å²) in [4.78, 5) is 14.6. The minimum absolute atomic E-state index is 0.113. The average molecular weight is 308 g/mol. The number of nitrogens with one attached hydrogen (secondary N) is 1. The third-order valence-corrected chi connectivity index (χ3v) is 3.97. The molecule has 0 aliphatic carbocycles. The van der Waals surface area contributed by atoms with Gasteiger partial charge in [0.2, 0.25) is 0 Å². The molecule has 1 N–H and O–H groups in total. The molecule has 0 radical (unpaired) electrons. The van der Waals surface area contributed by atoms with Gasteiger partial charge in [-0.05, 0) is 57.0 Å². The molecular formula is C17H25FN2O2. The molecule has 1 fully saturated rings. The first kappa shape index (κ1) is 16.7. The molecule has 0 saturated carbocycles. The van der Waals surface area contributed by atoms with Gasteiger partial charge in [-0.15, -0.1) is 0 Å². The van der Waals surface area contributed by atoms with E-state index in [2.05, 4.69) is 17.1 Å². The van der Waals surface area contributed by atoms with Crippen molar-refractivity contribution in [3.63, 3.8) is 0 Å². The molecule has 1 aliphatic rings. The highest BCUT2D eigenvalue weighted by atomic mass is 19.1. The van der Waals surface area contributed by atoms with Gasteiger partial charge in [-0.25, -0.2) is 4.39 Å². The van der Waals surface area contributed by atoms with Gasteiger partial charge in [-0.2, -0.15) is 0 Å². The number of piperidine rings is 1. The van der Waals surface area contributed by atoms with Crippen LogP contribution in [0.3, 0.4) is 0 Å². The number of hydrogen-bond acceptors (Lipinski definition) is 3. The number of nitrogens with zero attached hydrogens (tertiary/aromatic N) is 1. The van der Waals surface area contributed by atoms with Gasteiger partial charge in [0.15, 0.2) is 6.10 Å². The number of amides is 1. The van der Waals surface area contributed by atoms with E-state index in [4.69, 9.17) is 4.74 Å². The Morgan fingerprint density at radius 1 is 1.36 bits per heavy atom. The highest BCUT2D eigenvalue weighted by Crippen LogP contribution is 2.14. The first-order valence-electron chi connectivity index (χ1n) is 8.03. The van der Waals surface area contributed by atoms with Crippen molar-refractivity contribution in [2.45, 2.75) is 45.3 Å². The molecule has 1 aromatic carbocycles. The van der Waals surface area contributed by atoms with Crippen LogP contribution in [0.5, 0.6) is 5.75 Å². The number of likely N-dealkylation sites (tertiary alicyclic amines) is 1. The fourth-order valence-electron chi connectivity index (χ4n) is 2.71. The first-order valence-corrected chi connectivity index (χ1v) is 8.03. The smallest absolute Gasteiger partial charge is 0.260 e. The Hall–Kier alpha value is -1.62. The molecule has 0 bridgehead atoms. The second-order valence-corrected chi connectivity index (χ2v) is 5.84. The zero-order valence-electron chi connectivity index (χ0n) is 13.3. The fraction of sp³-hybridized carbons (Fsp3) is 0.588. The highest BCUT2D eigenvalue weighted by Gasteiger charge is 2.23. The lowest BCUT2D eigenvalue weighted by Gasteiger charge is -2.32. The van der Waals surface area contributed by atoms with Crippen molar-refractivity contribution < 1.29 is 13.9 Å². The van der Waals surface area contributed by atoms with Crippen LogP contribution < -0.4 is 10.1 Å². The normalized spacial score (nSPS) is 18.0. The van der Waals surface area contributed by atoms with Crippen LogP contribution in [-0.4, -0.2) is 42.6 Å². The summed E-state index contributed by atoms with van der Waals surface area (Å²) in [5.41, 5.74) is 0. The summed E-state index contributed by atoms with van der Waals surface area (Å²) in [5.74, 6) is 0.0726. The van der Waals surface area contributed by atoms with E-state index >= 15 is 0 Å². The van der Waals surface area contributed by atoms with Crippen LogP contribution in [-0.2, 0) is 4.79 Å². The molecule has 1 aliphatic heterocycles. The maximum absolute atomic E-state index is 12.8. The maximum Gasteiger partial charge on any atom is 0.260 e. The van der Waals surface area contributed by atoms with Gasteiger partial charge >= 0.3 is 0 Å². The number of carbonyl (C=O) groups excluding carboxylic acids is 1. The number of ether oxygens (including phenoxy) is 1. The van der Waals surface area contributed by atoms with E-state index in [1.54, 1.807) is 6.92 Å². The predicted molar refractivity (Wildman–Crippen MR) is 84.4 cm³/mol. The van der Waals surface area contributed by atoms with Crippen LogP contribution in [0, 0.1) is 5.82 Å². The van der Waals surface area contributed by atoms with Crippen LogP contribution in [0.2, 0.25) is 0 Å². The molecule has 122 valence electrons. The van der Waals surface area contributed by atoms with Crippen LogP contribution in [0.4, 0.5) is 4.39 Å². The Labute approximate surface area is 131 Å². The van der Waals surface area contributed by atoms with E-state index < -0.39 is 6.10 Å². The predicted octanol–water partition coefficient (Wildman–Crippen LogP) is 2.58. The van der Waals surface area contributed by atoms with Crippen molar-refractivity contribution in [1.29, 1.82) is 0 Å². The lowest BCUT2D eigenvalue weighted by Crippen LogP contribution is -2.48. The van der Waals surface area contributed by atoms with Crippen molar-refractivity contribution >= 4 is 5.91 Å². The number of carbonyl (C=O) groups is 1. The third-order valence-electron chi connectivity index (χ3n) is 3.97. The summed E-state index contributed by atoms with van der Waals surface area (Å²) in [6, 6.07) is 5.93. The molecule has 0 aromatic heterocycles. The Morgan fingerprint density at radius 2 is 2.00 bits per heavy atom. The van der Waals surface area contributed by atoms with Crippen molar-refractivity contribution in [2.75, 3.05) is 19.6 Å². The lowest BCUT2D eigenvalue weighted by atomic mass is 10.0. The van der Waals surface area contributed by atoms with E-state index in [0.29, 0.717) is 5.75 Å². The maximum atomic E-state index is 12.8. The first-order chi connectivity index (χ1) is 10.6. The summed E-state index contributed by atoms with van der Waals surface area (Å²) in [6.07, 6.45) is 2.54. The Morgan fingerprint density at radius 3 is 2.59 bits per heavy atom. The molecule has 22 heavy (non-hydrogen) atoms. The van der Waals surface area contributed by atoms with Gasteiger partial charge in [-0.1, -0.05) is 6.92 Å². The topological polar surface area (TPSA) is 41.6 Å².